The molecule has 0 bridgehead atoms. The third kappa shape index (κ3) is 1.56. The summed E-state index contributed by atoms with van der Waals surface area (Å²) in [6.07, 6.45) is 0.511. The van der Waals surface area contributed by atoms with Crippen LogP contribution in [0, 0.1) is 11.3 Å². The van der Waals surface area contributed by atoms with E-state index in [1.54, 1.807) is 11.3 Å². The van der Waals surface area contributed by atoms with E-state index in [0.717, 1.165) is 0 Å². The predicted octanol–water partition coefficient (Wildman–Crippen LogP) is 0.945. The smallest absolute Gasteiger partial charge is 0.124 e. The number of nitriles is 1. The molecule has 0 aliphatic rings. The van der Waals surface area contributed by atoms with Crippen molar-refractivity contribution in [3.8, 4) is 6.07 Å². The predicted molar refractivity (Wildman–Crippen MR) is 40.2 cm³/mol. The van der Waals surface area contributed by atoms with Gasteiger partial charge < -0.3 is 5.73 Å². The Balaban J connectivity index is 2.61. The molecule has 1 heterocycles. The molecular weight excluding hydrogens is 144 g/mol. The fraction of sp³-hybridized carbons (Fsp3) is 0.286. The lowest BCUT2D eigenvalue weighted by Crippen LogP contribution is -2.53. The van der Waals surface area contributed by atoms with E-state index in [4.69, 9.17) is 5.26 Å². The summed E-state index contributed by atoms with van der Waals surface area (Å²) >= 11 is 1.64. The van der Waals surface area contributed by atoms with E-state index in [1.165, 1.54) is 5.56 Å². The molecule has 1 aromatic rings. The van der Waals surface area contributed by atoms with Crippen LogP contribution in [0.15, 0.2) is 16.8 Å². The van der Waals surface area contributed by atoms with Gasteiger partial charge in [-0.25, -0.2) is 0 Å². The molecule has 0 aliphatic heterocycles. The first-order chi connectivity index (χ1) is 4.84. The van der Waals surface area contributed by atoms with Gasteiger partial charge in [0.1, 0.15) is 6.04 Å². The highest BCUT2D eigenvalue weighted by Crippen LogP contribution is 2.14. The topological polar surface area (TPSA) is 51.4 Å². The summed E-state index contributed by atoms with van der Waals surface area (Å²) in [6, 6.07) is 4.26. The Labute approximate surface area is 63.9 Å². The number of hydrogen-bond acceptors (Lipinski definition) is 2. The average molecular weight is 153 g/mol. The minimum Gasteiger partial charge on any atom is -0.350 e. The molecule has 1 aromatic heterocycles. The van der Waals surface area contributed by atoms with Crippen LogP contribution in [-0.4, -0.2) is 0 Å². The van der Waals surface area contributed by atoms with Crippen molar-refractivity contribution < 1.29 is 5.73 Å². The SMILES string of the molecule is N#CCC([NH3+])c1ccsc1. The van der Waals surface area contributed by atoms with Gasteiger partial charge in [-0.3, -0.25) is 0 Å². The van der Waals surface area contributed by atoms with Gasteiger partial charge in [0, 0.05) is 5.56 Å². The van der Waals surface area contributed by atoms with Crippen molar-refractivity contribution in [1.29, 1.82) is 5.26 Å². The van der Waals surface area contributed by atoms with Crippen LogP contribution in [0.3, 0.4) is 0 Å². The molecule has 10 heavy (non-hydrogen) atoms. The highest BCUT2D eigenvalue weighted by molar-refractivity contribution is 7.07. The zero-order valence-corrected chi connectivity index (χ0v) is 6.40. The van der Waals surface area contributed by atoms with Gasteiger partial charge in [0.25, 0.3) is 0 Å². The molecular formula is C7H9N2S+. The van der Waals surface area contributed by atoms with Gasteiger partial charge in [0.15, 0.2) is 0 Å². The van der Waals surface area contributed by atoms with Crippen molar-refractivity contribution in [2.45, 2.75) is 12.5 Å². The molecule has 0 saturated heterocycles. The van der Waals surface area contributed by atoms with E-state index in [-0.39, 0.29) is 6.04 Å². The Morgan fingerprint density at radius 1 is 1.80 bits per heavy atom. The molecule has 52 valence electrons. The van der Waals surface area contributed by atoms with Crippen LogP contribution in [-0.2, 0) is 0 Å². The minimum absolute atomic E-state index is 0.149. The Hall–Kier alpha value is -0.850. The quantitative estimate of drug-likeness (QED) is 0.675. The fourth-order valence-electron chi connectivity index (χ4n) is 0.735. The van der Waals surface area contributed by atoms with E-state index in [9.17, 15) is 0 Å². The zero-order chi connectivity index (χ0) is 7.40. The number of hydrogen-bond donors (Lipinski definition) is 1. The fourth-order valence-corrected chi connectivity index (χ4v) is 1.48. The Kier molecular flexibility index (Phi) is 2.43. The summed E-state index contributed by atoms with van der Waals surface area (Å²) in [5, 5.41) is 12.4. The van der Waals surface area contributed by atoms with Gasteiger partial charge in [-0.15, -0.1) is 0 Å². The van der Waals surface area contributed by atoms with Crippen molar-refractivity contribution in [3.63, 3.8) is 0 Å². The first-order valence-electron chi connectivity index (χ1n) is 3.06. The molecule has 0 saturated carbocycles. The number of nitrogens with zero attached hydrogens (tertiary/aromatic N) is 1. The van der Waals surface area contributed by atoms with Gasteiger partial charge in [-0.05, 0) is 16.8 Å². The van der Waals surface area contributed by atoms with Crippen molar-refractivity contribution in [2.75, 3.05) is 0 Å². The molecule has 2 nitrogen and oxygen atoms in total. The summed E-state index contributed by atoms with van der Waals surface area (Å²) in [6.45, 7) is 0. The van der Waals surface area contributed by atoms with Gasteiger partial charge in [-0.1, -0.05) is 0 Å². The maximum Gasteiger partial charge on any atom is 0.124 e. The Morgan fingerprint density at radius 3 is 3.10 bits per heavy atom. The van der Waals surface area contributed by atoms with Crippen LogP contribution < -0.4 is 5.73 Å². The molecule has 1 unspecified atom stereocenters. The van der Waals surface area contributed by atoms with Crippen LogP contribution in [0.1, 0.15) is 18.0 Å². The Bertz CT molecular complexity index is 222. The summed E-state index contributed by atoms with van der Waals surface area (Å²) in [4.78, 5) is 0. The van der Waals surface area contributed by atoms with Crippen molar-refractivity contribution in [1.82, 2.24) is 0 Å². The van der Waals surface area contributed by atoms with E-state index in [0.29, 0.717) is 6.42 Å². The molecule has 1 atom stereocenters. The number of quaternary nitrogens is 1. The summed E-state index contributed by atoms with van der Waals surface area (Å²) in [7, 11) is 0. The minimum atomic E-state index is 0.149. The van der Waals surface area contributed by atoms with Gasteiger partial charge in [-0.2, -0.15) is 16.6 Å². The second kappa shape index (κ2) is 3.35. The molecule has 0 spiro atoms. The lowest BCUT2D eigenvalue weighted by Gasteiger charge is -1.97. The van der Waals surface area contributed by atoms with Crippen LogP contribution in [0.5, 0.6) is 0 Å². The second-order valence-electron chi connectivity index (χ2n) is 2.12. The second-order valence-corrected chi connectivity index (χ2v) is 2.90. The third-order valence-electron chi connectivity index (χ3n) is 1.35. The largest absolute Gasteiger partial charge is 0.350 e. The first kappa shape index (κ1) is 7.26. The van der Waals surface area contributed by atoms with E-state index >= 15 is 0 Å². The molecule has 0 amide bonds. The molecule has 0 fully saturated rings. The van der Waals surface area contributed by atoms with Crippen LogP contribution in [0.25, 0.3) is 0 Å². The van der Waals surface area contributed by atoms with E-state index in [2.05, 4.69) is 11.8 Å². The monoisotopic (exact) mass is 153 g/mol. The lowest BCUT2D eigenvalue weighted by atomic mass is 10.1. The van der Waals surface area contributed by atoms with Crippen molar-refractivity contribution in [3.05, 3.63) is 22.4 Å². The first-order valence-corrected chi connectivity index (χ1v) is 4.01. The molecule has 1 rings (SSSR count). The standard InChI is InChI=1S/C7H8N2S/c8-3-1-7(9)6-2-4-10-5-6/h2,4-5,7H,1,9H2/p+1. The maximum absolute atomic E-state index is 8.35. The molecule has 3 N–H and O–H groups in total. The van der Waals surface area contributed by atoms with Crippen molar-refractivity contribution >= 4 is 11.3 Å². The zero-order valence-electron chi connectivity index (χ0n) is 5.58. The van der Waals surface area contributed by atoms with Gasteiger partial charge in [0.05, 0.1) is 12.5 Å². The van der Waals surface area contributed by atoms with Crippen LogP contribution in [0.4, 0.5) is 0 Å². The molecule has 0 aromatic carbocycles. The summed E-state index contributed by atoms with van der Waals surface area (Å²) in [5.41, 5.74) is 5.03. The van der Waals surface area contributed by atoms with Gasteiger partial charge in [0.2, 0.25) is 0 Å². The number of thiophene rings is 1. The molecule has 0 aliphatic carbocycles. The summed E-state index contributed by atoms with van der Waals surface area (Å²) in [5.74, 6) is 0. The van der Waals surface area contributed by atoms with E-state index in [1.807, 2.05) is 16.8 Å². The summed E-state index contributed by atoms with van der Waals surface area (Å²) < 4.78 is 0. The Morgan fingerprint density at radius 2 is 2.60 bits per heavy atom. The van der Waals surface area contributed by atoms with Crippen molar-refractivity contribution in [2.24, 2.45) is 0 Å². The van der Waals surface area contributed by atoms with Crippen LogP contribution in [0.2, 0.25) is 0 Å². The van der Waals surface area contributed by atoms with E-state index < -0.39 is 0 Å². The normalized spacial score (nSPS) is 12.4. The molecule has 3 heteroatoms. The maximum atomic E-state index is 8.35. The average Bonchev–Trinajstić information content (AvgIpc) is 2.38. The van der Waals surface area contributed by atoms with Crippen LogP contribution >= 0.6 is 11.3 Å². The third-order valence-corrected chi connectivity index (χ3v) is 2.05. The molecule has 0 radical (unpaired) electrons. The lowest BCUT2D eigenvalue weighted by molar-refractivity contribution is -0.424. The highest BCUT2D eigenvalue weighted by Gasteiger charge is 2.07. The van der Waals surface area contributed by atoms with Gasteiger partial charge >= 0.3 is 0 Å². The highest BCUT2D eigenvalue weighted by atomic mass is 32.1. The number of rotatable bonds is 2.